The van der Waals surface area contributed by atoms with Gasteiger partial charge in [0.15, 0.2) is 0 Å². The van der Waals surface area contributed by atoms with Crippen LogP contribution in [-0.4, -0.2) is 32.9 Å². The van der Waals surface area contributed by atoms with E-state index in [2.05, 4.69) is 16.0 Å². The summed E-state index contributed by atoms with van der Waals surface area (Å²) in [7, 11) is -3.76. The molecule has 154 valence electrons. The summed E-state index contributed by atoms with van der Waals surface area (Å²) < 4.78 is 38.0. The third kappa shape index (κ3) is 6.02. The summed E-state index contributed by atoms with van der Waals surface area (Å²) in [5, 5.41) is 8.13. The molecule has 29 heavy (non-hydrogen) atoms. The van der Waals surface area contributed by atoms with E-state index in [0.717, 1.165) is 25.0 Å². The number of anilines is 1. The van der Waals surface area contributed by atoms with E-state index in [1.165, 1.54) is 36.4 Å². The fraction of sp³-hybridized carbons (Fsp3) is 0.300. The Kier molecular flexibility index (Phi) is 6.48. The van der Waals surface area contributed by atoms with Gasteiger partial charge in [0.2, 0.25) is 15.7 Å². The molecule has 1 aliphatic carbocycles. The van der Waals surface area contributed by atoms with Crippen molar-refractivity contribution in [3.63, 3.8) is 0 Å². The van der Waals surface area contributed by atoms with Crippen LogP contribution in [0.5, 0.6) is 0 Å². The van der Waals surface area contributed by atoms with E-state index < -0.39 is 21.7 Å². The smallest absolute Gasteiger partial charge is 0.319 e. The molecular formula is C20H22FN3O4S. The van der Waals surface area contributed by atoms with Gasteiger partial charge in [-0.25, -0.2) is 17.6 Å². The molecule has 3 rings (SSSR count). The number of sulfone groups is 1. The molecule has 0 spiro atoms. The predicted octanol–water partition coefficient (Wildman–Crippen LogP) is 2.84. The van der Waals surface area contributed by atoms with Crippen molar-refractivity contribution in [1.29, 1.82) is 0 Å². The first kappa shape index (κ1) is 20.8. The summed E-state index contributed by atoms with van der Waals surface area (Å²) in [6.45, 7) is 0.348. The van der Waals surface area contributed by atoms with E-state index in [1.54, 1.807) is 0 Å². The first-order valence-corrected chi connectivity index (χ1v) is 10.8. The lowest BCUT2D eigenvalue weighted by molar-refractivity contribution is -0.121. The molecule has 0 radical (unpaired) electrons. The van der Waals surface area contributed by atoms with E-state index in [0.29, 0.717) is 31.1 Å². The van der Waals surface area contributed by atoms with Crippen LogP contribution < -0.4 is 16.0 Å². The van der Waals surface area contributed by atoms with Crippen molar-refractivity contribution in [2.24, 2.45) is 0 Å². The van der Waals surface area contributed by atoms with E-state index in [9.17, 15) is 22.4 Å². The van der Waals surface area contributed by atoms with Gasteiger partial charge in [-0.3, -0.25) is 4.79 Å². The number of rotatable bonds is 8. The number of urea groups is 1. The Hall–Kier alpha value is -2.94. The van der Waals surface area contributed by atoms with Crippen LogP contribution in [0.3, 0.4) is 0 Å². The van der Waals surface area contributed by atoms with Crippen molar-refractivity contribution in [1.82, 2.24) is 10.6 Å². The molecule has 0 saturated heterocycles. The first-order chi connectivity index (χ1) is 13.8. The number of hydrogen-bond donors (Lipinski definition) is 3. The molecule has 1 aliphatic rings. The van der Waals surface area contributed by atoms with Crippen molar-refractivity contribution in [2.75, 3.05) is 11.9 Å². The molecule has 0 bridgehead atoms. The van der Waals surface area contributed by atoms with Crippen LogP contribution in [0.2, 0.25) is 0 Å². The van der Waals surface area contributed by atoms with Gasteiger partial charge < -0.3 is 16.0 Å². The molecule has 7 nitrogen and oxygen atoms in total. The van der Waals surface area contributed by atoms with Gasteiger partial charge in [0.25, 0.3) is 0 Å². The van der Waals surface area contributed by atoms with Gasteiger partial charge in [-0.2, -0.15) is 0 Å². The Morgan fingerprint density at radius 1 is 0.966 bits per heavy atom. The Labute approximate surface area is 168 Å². The molecule has 0 unspecified atom stereocenters. The van der Waals surface area contributed by atoms with E-state index in [-0.39, 0.29) is 15.7 Å². The van der Waals surface area contributed by atoms with E-state index in [4.69, 9.17) is 0 Å². The monoisotopic (exact) mass is 419 g/mol. The summed E-state index contributed by atoms with van der Waals surface area (Å²) in [6, 6.07) is 10.1. The SMILES string of the molecule is O=C(CCCNC(=O)Nc1ccc(S(=O)(=O)c2ccc(F)cc2)cc1)NC1CC1. The highest BCUT2D eigenvalue weighted by atomic mass is 32.2. The fourth-order valence-corrected chi connectivity index (χ4v) is 3.88. The summed E-state index contributed by atoms with van der Waals surface area (Å²) in [6.07, 6.45) is 2.96. The molecule has 3 N–H and O–H groups in total. The lowest BCUT2D eigenvalue weighted by Crippen LogP contribution is -2.31. The highest BCUT2D eigenvalue weighted by Crippen LogP contribution is 2.22. The van der Waals surface area contributed by atoms with Crippen LogP contribution in [0.25, 0.3) is 0 Å². The highest BCUT2D eigenvalue weighted by Gasteiger charge is 2.22. The van der Waals surface area contributed by atoms with E-state index >= 15 is 0 Å². The second-order valence-corrected chi connectivity index (χ2v) is 8.76. The molecule has 0 atom stereocenters. The number of carbonyl (C=O) groups is 2. The van der Waals surface area contributed by atoms with Gasteiger partial charge in [0, 0.05) is 24.7 Å². The number of hydrogen-bond acceptors (Lipinski definition) is 4. The molecule has 1 fully saturated rings. The second kappa shape index (κ2) is 9.04. The maximum absolute atomic E-state index is 13.0. The Morgan fingerprint density at radius 3 is 2.14 bits per heavy atom. The van der Waals surface area contributed by atoms with Crippen LogP contribution in [0, 0.1) is 5.82 Å². The van der Waals surface area contributed by atoms with Crippen molar-refractivity contribution in [3.8, 4) is 0 Å². The lowest BCUT2D eigenvalue weighted by atomic mass is 10.3. The minimum atomic E-state index is -3.76. The summed E-state index contributed by atoms with van der Waals surface area (Å²) >= 11 is 0. The van der Waals surface area contributed by atoms with Crippen molar-refractivity contribution in [2.45, 2.75) is 41.5 Å². The minimum absolute atomic E-state index is 0.00680. The molecule has 9 heteroatoms. The van der Waals surface area contributed by atoms with Crippen molar-refractivity contribution < 1.29 is 22.4 Å². The van der Waals surface area contributed by atoms with Gasteiger partial charge in [-0.05, 0) is 67.8 Å². The molecule has 2 aromatic carbocycles. The summed E-state index contributed by atoms with van der Waals surface area (Å²) in [5.41, 5.74) is 0.423. The summed E-state index contributed by atoms with van der Waals surface area (Å²) in [4.78, 5) is 23.5. The highest BCUT2D eigenvalue weighted by molar-refractivity contribution is 7.91. The fourth-order valence-electron chi connectivity index (χ4n) is 2.62. The van der Waals surface area contributed by atoms with Gasteiger partial charge in [0.1, 0.15) is 5.82 Å². The average molecular weight is 419 g/mol. The number of nitrogens with one attached hydrogen (secondary N) is 3. The minimum Gasteiger partial charge on any atom is -0.353 e. The largest absolute Gasteiger partial charge is 0.353 e. The van der Waals surface area contributed by atoms with Gasteiger partial charge in [-0.1, -0.05) is 0 Å². The van der Waals surface area contributed by atoms with Crippen LogP contribution in [0.1, 0.15) is 25.7 Å². The van der Waals surface area contributed by atoms with E-state index in [1.807, 2.05) is 0 Å². The zero-order chi connectivity index (χ0) is 20.9. The zero-order valence-corrected chi connectivity index (χ0v) is 16.5. The molecule has 1 saturated carbocycles. The zero-order valence-electron chi connectivity index (χ0n) is 15.7. The van der Waals surface area contributed by atoms with Crippen LogP contribution in [0.4, 0.5) is 14.9 Å². The molecule has 0 aliphatic heterocycles. The third-order valence-corrected chi connectivity index (χ3v) is 6.14. The molecule has 2 aromatic rings. The van der Waals surface area contributed by atoms with Gasteiger partial charge >= 0.3 is 6.03 Å². The Morgan fingerprint density at radius 2 is 1.55 bits per heavy atom. The van der Waals surface area contributed by atoms with Crippen LogP contribution >= 0.6 is 0 Å². The van der Waals surface area contributed by atoms with Gasteiger partial charge in [0.05, 0.1) is 9.79 Å². The number of amides is 3. The van der Waals surface area contributed by atoms with Crippen LogP contribution in [-0.2, 0) is 14.6 Å². The Bertz CT molecular complexity index is 972. The maximum Gasteiger partial charge on any atom is 0.319 e. The van der Waals surface area contributed by atoms with Gasteiger partial charge in [-0.15, -0.1) is 0 Å². The maximum atomic E-state index is 13.0. The molecule has 0 heterocycles. The van der Waals surface area contributed by atoms with Crippen LogP contribution in [0.15, 0.2) is 58.3 Å². The normalized spacial score (nSPS) is 13.6. The quantitative estimate of drug-likeness (QED) is 0.452. The molecule has 0 aromatic heterocycles. The topological polar surface area (TPSA) is 104 Å². The number of halogens is 1. The molecule has 3 amide bonds. The first-order valence-electron chi connectivity index (χ1n) is 9.29. The predicted molar refractivity (Wildman–Crippen MR) is 106 cm³/mol. The average Bonchev–Trinajstić information content (AvgIpc) is 3.50. The lowest BCUT2D eigenvalue weighted by Gasteiger charge is -2.09. The van der Waals surface area contributed by atoms with Crippen molar-refractivity contribution >= 4 is 27.5 Å². The third-order valence-electron chi connectivity index (χ3n) is 4.36. The molecular weight excluding hydrogens is 397 g/mol. The summed E-state index contributed by atoms with van der Waals surface area (Å²) in [5.74, 6) is -0.522. The standard InChI is InChI=1S/C20H22FN3O4S/c21-14-3-9-17(10-4-14)29(27,28)18-11-7-16(8-12-18)24-20(26)22-13-1-2-19(25)23-15-5-6-15/h3-4,7-12,15H,1-2,5-6,13H2,(H,23,25)(H2,22,24,26). The Balaban J connectivity index is 1.47. The van der Waals surface area contributed by atoms with Crippen molar-refractivity contribution in [3.05, 3.63) is 54.3 Å². The number of carbonyl (C=O) groups excluding carboxylic acids is 2. The second-order valence-electron chi connectivity index (χ2n) is 6.81. The number of benzene rings is 2.